The summed E-state index contributed by atoms with van der Waals surface area (Å²) in [5.41, 5.74) is 5.23. The van der Waals surface area contributed by atoms with Gasteiger partial charge in [0.15, 0.2) is 0 Å². The van der Waals surface area contributed by atoms with Gasteiger partial charge < -0.3 is 5.73 Å². The lowest BCUT2D eigenvalue weighted by Crippen LogP contribution is -2.39. The van der Waals surface area contributed by atoms with Crippen LogP contribution in [0.2, 0.25) is 0 Å². The maximum atomic E-state index is 10.5. The molecule has 0 rings (SSSR count). The van der Waals surface area contributed by atoms with E-state index < -0.39 is 11.9 Å². The van der Waals surface area contributed by atoms with Gasteiger partial charge >= 0.3 is 0 Å². The van der Waals surface area contributed by atoms with Crippen LogP contribution in [0, 0.1) is 0 Å². The Balaban J connectivity index is 3.58. The van der Waals surface area contributed by atoms with E-state index in [4.69, 9.17) is 5.73 Å². The van der Waals surface area contributed by atoms with Crippen LogP contribution in [0.3, 0.4) is 0 Å². The average Bonchev–Trinajstić information content (AvgIpc) is 1.87. The molecule has 0 aliphatic rings. The molecule has 4 heteroatoms. The molecule has 0 aliphatic heterocycles. The number of carbonyl (C=O) groups excluding carboxylic acids is 2. The minimum Gasteiger partial charge on any atom is -0.320 e. The lowest BCUT2D eigenvalue weighted by Gasteiger charge is -2.03. The van der Waals surface area contributed by atoms with Gasteiger partial charge in [-0.1, -0.05) is 6.92 Å². The molecule has 4 nitrogen and oxygen atoms in total. The first kappa shape index (κ1) is 8.10. The molecule has 0 aromatic heterocycles. The predicted molar refractivity (Wildman–Crippen MR) is 32.5 cm³/mol. The molecule has 0 fully saturated rings. The molecule has 0 aromatic rings. The van der Waals surface area contributed by atoms with E-state index in [-0.39, 0.29) is 0 Å². The van der Waals surface area contributed by atoms with Gasteiger partial charge in [-0.3, -0.25) is 14.9 Å². The zero-order valence-corrected chi connectivity index (χ0v) is 5.26. The standard InChI is InChI=1S/C5H10N2O2/c1-2-4(6)5(9)7-3-8/h3-4H,2,6H2,1H3,(H,7,8,9). The number of hydrogen-bond acceptors (Lipinski definition) is 3. The van der Waals surface area contributed by atoms with Crippen LogP contribution in [0.25, 0.3) is 0 Å². The molecule has 2 amide bonds. The Bertz CT molecular complexity index is 114. The summed E-state index contributed by atoms with van der Waals surface area (Å²) in [5.74, 6) is -0.424. The monoisotopic (exact) mass is 130 g/mol. The molecular formula is C5H10N2O2. The Morgan fingerprint density at radius 2 is 2.44 bits per heavy atom. The molecule has 1 atom stereocenters. The minimum absolute atomic E-state index is 0.331. The summed E-state index contributed by atoms with van der Waals surface area (Å²) in [5, 5.41) is 1.95. The summed E-state index contributed by atoms with van der Waals surface area (Å²) in [6.45, 7) is 1.77. The van der Waals surface area contributed by atoms with Crippen LogP contribution in [0.15, 0.2) is 0 Å². The molecule has 0 saturated carbocycles. The zero-order chi connectivity index (χ0) is 7.28. The van der Waals surface area contributed by atoms with Gasteiger partial charge in [-0.2, -0.15) is 0 Å². The Kier molecular flexibility index (Phi) is 3.62. The Morgan fingerprint density at radius 1 is 1.89 bits per heavy atom. The molecule has 9 heavy (non-hydrogen) atoms. The van der Waals surface area contributed by atoms with Crippen LogP contribution < -0.4 is 11.1 Å². The van der Waals surface area contributed by atoms with Crippen LogP contribution in [0.4, 0.5) is 0 Å². The first-order valence-corrected chi connectivity index (χ1v) is 2.72. The van der Waals surface area contributed by atoms with Gasteiger partial charge in [0.1, 0.15) is 0 Å². The van der Waals surface area contributed by atoms with E-state index >= 15 is 0 Å². The highest BCUT2D eigenvalue weighted by Gasteiger charge is 2.07. The SMILES string of the molecule is CCC(N)C(=O)NC=O. The predicted octanol–water partition coefficient (Wildman–Crippen LogP) is -1.00. The zero-order valence-electron chi connectivity index (χ0n) is 5.26. The van der Waals surface area contributed by atoms with Crippen molar-refractivity contribution in [3.8, 4) is 0 Å². The number of rotatable bonds is 3. The van der Waals surface area contributed by atoms with Crippen molar-refractivity contribution in [1.82, 2.24) is 5.32 Å². The van der Waals surface area contributed by atoms with E-state index in [1.165, 1.54) is 0 Å². The third-order valence-corrected chi connectivity index (χ3v) is 0.978. The molecule has 0 aliphatic carbocycles. The van der Waals surface area contributed by atoms with Gasteiger partial charge in [0.2, 0.25) is 12.3 Å². The molecule has 0 radical (unpaired) electrons. The lowest BCUT2D eigenvalue weighted by atomic mass is 10.2. The largest absolute Gasteiger partial charge is 0.320 e. The summed E-state index contributed by atoms with van der Waals surface area (Å²) >= 11 is 0. The smallest absolute Gasteiger partial charge is 0.243 e. The van der Waals surface area contributed by atoms with E-state index in [1.54, 1.807) is 6.92 Å². The van der Waals surface area contributed by atoms with Crippen molar-refractivity contribution >= 4 is 12.3 Å². The average molecular weight is 130 g/mol. The maximum absolute atomic E-state index is 10.5. The van der Waals surface area contributed by atoms with Gasteiger partial charge in [0, 0.05) is 0 Å². The molecule has 0 aromatic carbocycles. The molecule has 0 heterocycles. The third kappa shape index (κ3) is 2.81. The van der Waals surface area contributed by atoms with Gasteiger partial charge in [0.25, 0.3) is 0 Å². The second-order valence-corrected chi connectivity index (χ2v) is 1.64. The van der Waals surface area contributed by atoms with Crippen LogP contribution in [-0.2, 0) is 9.59 Å². The molecule has 0 saturated heterocycles. The molecular weight excluding hydrogens is 120 g/mol. The van der Waals surface area contributed by atoms with Crippen molar-refractivity contribution in [1.29, 1.82) is 0 Å². The highest BCUT2D eigenvalue weighted by molar-refractivity contribution is 5.89. The van der Waals surface area contributed by atoms with Crippen LogP contribution in [0.1, 0.15) is 13.3 Å². The highest BCUT2D eigenvalue weighted by atomic mass is 16.2. The summed E-state index contributed by atoms with van der Waals surface area (Å²) in [6.07, 6.45) is 0.873. The lowest BCUT2D eigenvalue weighted by molar-refractivity contribution is -0.126. The van der Waals surface area contributed by atoms with Crippen molar-refractivity contribution in [2.75, 3.05) is 0 Å². The first-order valence-electron chi connectivity index (χ1n) is 2.72. The van der Waals surface area contributed by atoms with Gasteiger partial charge in [-0.05, 0) is 6.42 Å². The number of imide groups is 1. The van der Waals surface area contributed by atoms with E-state index in [9.17, 15) is 9.59 Å². The fourth-order valence-corrected chi connectivity index (χ4v) is 0.351. The minimum atomic E-state index is -0.560. The van der Waals surface area contributed by atoms with Crippen LogP contribution >= 0.6 is 0 Å². The number of nitrogens with one attached hydrogen (secondary N) is 1. The summed E-state index contributed by atoms with van der Waals surface area (Å²) < 4.78 is 0. The van der Waals surface area contributed by atoms with Crippen molar-refractivity contribution < 1.29 is 9.59 Å². The second kappa shape index (κ2) is 4.03. The molecule has 1 unspecified atom stereocenters. The summed E-state index contributed by atoms with van der Waals surface area (Å²) in [6, 6.07) is -0.560. The number of carbonyl (C=O) groups is 2. The molecule has 0 bridgehead atoms. The Hall–Kier alpha value is -0.900. The quantitative estimate of drug-likeness (QED) is 0.481. The summed E-state index contributed by atoms with van der Waals surface area (Å²) in [7, 11) is 0. The highest BCUT2D eigenvalue weighted by Crippen LogP contribution is 1.82. The normalized spacial score (nSPS) is 12.2. The van der Waals surface area contributed by atoms with Crippen molar-refractivity contribution in [2.24, 2.45) is 5.73 Å². The van der Waals surface area contributed by atoms with Gasteiger partial charge in [0.05, 0.1) is 6.04 Å². The maximum Gasteiger partial charge on any atom is 0.243 e. The molecule has 3 N–H and O–H groups in total. The fraction of sp³-hybridized carbons (Fsp3) is 0.600. The number of amides is 2. The van der Waals surface area contributed by atoms with Crippen LogP contribution in [0.5, 0.6) is 0 Å². The molecule has 0 spiro atoms. The van der Waals surface area contributed by atoms with E-state index in [0.717, 1.165) is 0 Å². The third-order valence-electron chi connectivity index (χ3n) is 0.978. The number of hydrogen-bond donors (Lipinski definition) is 2. The Labute approximate surface area is 53.4 Å². The van der Waals surface area contributed by atoms with Gasteiger partial charge in [-0.25, -0.2) is 0 Å². The van der Waals surface area contributed by atoms with E-state index in [2.05, 4.69) is 0 Å². The summed E-state index contributed by atoms with van der Waals surface area (Å²) in [4.78, 5) is 20.2. The van der Waals surface area contributed by atoms with Crippen LogP contribution in [-0.4, -0.2) is 18.4 Å². The van der Waals surface area contributed by atoms with Crippen molar-refractivity contribution in [3.63, 3.8) is 0 Å². The van der Waals surface area contributed by atoms with Crippen molar-refractivity contribution in [3.05, 3.63) is 0 Å². The first-order chi connectivity index (χ1) is 4.22. The van der Waals surface area contributed by atoms with E-state index in [0.29, 0.717) is 12.8 Å². The van der Waals surface area contributed by atoms with Gasteiger partial charge in [-0.15, -0.1) is 0 Å². The van der Waals surface area contributed by atoms with E-state index in [1.807, 2.05) is 5.32 Å². The topological polar surface area (TPSA) is 72.2 Å². The second-order valence-electron chi connectivity index (χ2n) is 1.64. The molecule has 52 valence electrons. The number of nitrogens with two attached hydrogens (primary N) is 1. The Morgan fingerprint density at radius 3 is 2.78 bits per heavy atom. The van der Waals surface area contributed by atoms with Crippen molar-refractivity contribution in [2.45, 2.75) is 19.4 Å². The fourth-order valence-electron chi connectivity index (χ4n) is 0.351.